The van der Waals surface area contributed by atoms with Gasteiger partial charge in [-0.15, -0.1) is 0 Å². The van der Waals surface area contributed by atoms with Crippen LogP contribution in [0.2, 0.25) is 0 Å². The average molecular weight is 248 g/mol. The quantitative estimate of drug-likeness (QED) is 0.843. The van der Waals surface area contributed by atoms with Crippen LogP contribution in [-0.4, -0.2) is 23.6 Å². The Hall–Kier alpha value is -1.52. The standard InChI is InChI=1S/C13H20N4O/c1-17(12-11(14)13(18)16-7-15-12)6-10-5-8-2-3-9(10)4-8/h7-10H,2-6,14H2,1H3,(H,15,16,18). The van der Waals surface area contributed by atoms with E-state index in [0.29, 0.717) is 5.82 Å². The molecule has 5 nitrogen and oxygen atoms in total. The van der Waals surface area contributed by atoms with Crippen LogP contribution in [0.15, 0.2) is 11.1 Å². The molecular weight excluding hydrogens is 228 g/mol. The van der Waals surface area contributed by atoms with Crippen molar-refractivity contribution < 1.29 is 0 Å². The summed E-state index contributed by atoms with van der Waals surface area (Å²) in [6.07, 6.45) is 6.94. The topological polar surface area (TPSA) is 75.0 Å². The molecule has 2 aliphatic carbocycles. The smallest absolute Gasteiger partial charge is 0.276 e. The minimum atomic E-state index is -0.250. The van der Waals surface area contributed by atoms with Crippen LogP contribution in [0, 0.1) is 17.8 Å². The van der Waals surface area contributed by atoms with Crippen molar-refractivity contribution >= 4 is 11.5 Å². The fourth-order valence-electron chi connectivity index (χ4n) is 3.74. The molecule has 0 saturated heterocycles. The number of nitrogen functional groups attached to an aromatic ring is 1. The summed E-state index contributed by atoms with van der Waals surface area (Å²) in [5.41, 5.74) is 5.76. The third kappa shape index (κ3) is 1.87. The molecule has 18 heavy (non-hydrogen) atoms. The summed E-state index contributed by atoms with van der Waals surface area (Å²) < 4.78 is 0. The lowest BCUT2D eigenvalue weighted by molar-refractivity contribution is 0.337. The van der Waals surface area contributed by atoms with Crippen molar-refractivity contribution in [2.75, 3.05) is 24.2 Å². The number of nitrogens with two attached hydrogens (primary N) is 1. The molecule has 2 bridgehead atoms. The monoisotopic (exact) mass is 248 g/mol. The molecule has 3 rings (SSSR count). The maximum absolute atomic E-state index is 11.5. The Morgan fingerprint density at radius 1 is 1.50 bits per heavy atom. The van der Waals surface area contributed by atoms with Crippen molar-refractivity contribution in [3.63, 3.8) is 0 Å². The van der Waals surface area contributed by atoms with Gasteiger partial charge in [0.2, 0.25) is 0 Å². The van der Waals surface area contributed by atoms with Crippen molar-refractivity contribution in [3.05, 3.63) is 16.7 Å². The second-order valence-electron chi connectivity index (χ2n) is 5.78. The van der Waals surface area contributed by atoms with Gasteiger partial charge in [-0.1, -0.05) is 6.42 Å². The summed E-state index contributed by atoms with van der Waals surface area (Å²) >= 11 is 0. The lowest BCUT2D eigenvalue weighted by atomic mass is 9.88. The number of anilines is 2. The van der Waals surface area contributed by atoms with Gasteiger partial charge in [0.15, 0.2) is 5.82 Å². The second-order valence-corrected chi connectivity index (χ2v) is 5.78. The Morgan fingerprint density at radius 2 is 2.33 bits per heavy atom. The van der Waals surface area contributed by atoms with E-state index in [-0.39, 0.29) is 11.2 Å². The SMILES string of the molecule is CN(CC1CC2CCC1C2)c1nc[nH]c(=O)c1N. The number of nitrogens with zero attached hydrogens (tertiary/aromatic N) is 2. The molecule has 2 fully saturated rings. The summed E-state index contributed by atoms with van der Waals surface area (Å²) in [6, 6.07) is 0. The highest BCUT2D eigenvalue weighted by molar-refractivity contribution is 5.60. The highest BCUT2D eigenvalue weighted by Crippen LogP contribution is 2.48. The van der Waals surface area contributed by atoms with Crippen molar-refractivity contribution in [1.29, 1.82) is 0 Å². The van der Waals surface area contributed by atoms with E-state index in [1.54, 1.807) is 0 Å². The van der Waals surface area contributed by atoms with Gasteiger partial charge in [0.05, 0.1) is 6.33 Å². The van der Waals surface area contributed by atoms with Crippen LogP contribution in [0.25, 0.3) is 0 Å². The summed E-state index contributed by atoms with van der Waals surface area (Å²) in [5.74, 6) is 3.18. The third-order valence-electron chi connectivity index (χ3n) is 4.62. The number of aromatic amines is 1. The van der Waals surface area contributed by atoms with E-state index >= 15 is 0 Å². The second kappa shape index (κ2) is 4.30. The maximum atomic E-state index is 11.5. The van der Waals surface area contributed by atoms with Crippen LogP contribution in [0.4, 0.5) is 11.5 Å². The largest absolute Gasteiger partial charge is 0.391 e. The first-order valence-corrected chi connectivity index (χ1v) is 6.69. The highest BCUT2D eigenvalue weighted by atomic mass is 16.1. The number of H-pyrrole nitrogens is 1. The molecule has 1 heterocycles. The van der Waals surface area contributed by atoms with Crippen LogP contribution in [0.3, 0.4) is 0 Å². The fraction of sp³-hybridized carbons (Fsp3) is 0.692. The van der Waals surface area contributed by atoms with E-state index in [2.05, 4.69) is 9.97 Å². The van der Waals surface area contributed by atoms with Crippen molar-refractivity contribution in [1.82, 2.24) is 9.97 Å². The molecule has 5 heteroatoms. The molecule has 0 amide bonds. The van der Waals surface area contributed by atoms with E-state index in [4.69, 9.17) is 5.73 Å². The molecule has 0 radical (unpaired) electrons. The molecule has 0 aromatic carbocycles. The molecule has 1 aromatic heterocycles. The summed E-state index contributed by atoms with van der Waals surface area (Å²) in [4.78, 5) is 20.2. The van der Waals surface area contributed by atoms with E-state index in [1.165, 1.54) is 32.0 Å². The van der Waals surface area contributed by atoms with Gasteiger partial charge in [0.1, 0.15) is 5.69 Å². The number of rotatable bonds is 3. The zero-order valence-corrected chi connectivity index (χ0v) is 10.7. The van der Waals surface area contributed by atoms with Crippen molar-refractivity contribution in [2.45, 2.75) is 25.7 Å². The summed E-state index contributed by atoms with van der Waals surface area (Å²) in [7, 11) is 1.98. The van der Waals surface area contributed by atoms with Crippen LogP contribution >= 0.6 is 0 Å². The summed E-state index contributed by atoms with van der Waals surface area (Å²) in [5, 5.41) is 0. The van der Waals surface area contributed by atoms with Gasteiger partial charge in [-0.2, -0.15) is 0 Å². The fourth-order valence-corrected chi connectivity index (χ4v) is 3.74. The first kappa shape index (κ1) is 11.6. The van der Waals surface area contributed by atoms with E-state index in [1.807, 2.05) is 11.9 Å². The minimum Gasteiger partial charge on any atom is -0.391 e. The van der Waals surface area contributed by atoms with E-state index in [0.717, 1.165) is 24.3 Å². The third-order valence-corrected chi connectivity index (χ3v) is 4.62. The van der Waals surface area contributed by atoms with E-state index in [9.17, 15) is 4.79 Å². The molecule has 98 valence electrons. The molecule has 1 aromatic rings. The van der Waals surface area contributed by atoms with Gasteiger partial charge in [-0.05, 0) is 37.0 Å². The number of hydrogen-bond acceptors (Lipinski definition) is 4. The summed E-state index contributed by atoms with van der Waals surface area (Å²) in [6.45, 7) is 0.960. The molecule has 2 saturated carbocycles. The zero-order valence-electron chi connectivity index (χ0n) is 10.7. The molecular formula is C13H20N4O. The number of fused-ring (bicyclic) bond motifs is 2. The zero-order chi connectivity index (χ0) is 12.7. The number of aromatic nitrogens is 2. The average Bonchev–Trinajstić information content (AvgIpc) is 2.94. The Kier molecular flexibility index (Phi) is 2.76. The van der Waals surface area contributed by atoms with Gasteiger partial charge < -0.3 is 15.6 Å². The molecule has 3 N–H and O–H groups in total. The maximum Gasteiger partial charge on any atom is 0.276 e. The first-order chi connectivity index (χ1) is 8.65. The Balaban J connectivity index is 1.73. The lowest BCUT2D eigenvalue weighted by Crippen LogP contribution is -2.31. The molecule has 2 aliphatic rings. The lowest BCUT2D eigenvalue weighted by Gasteiger charge is -2.28. The number of nitrogens with one attached hydrogen (secondary N) is 1. The molecule has 0 spiro atoms. The predicted octanol–water partition coefficient (Wildman–Crippen LogP) is 1.22. The number of hydrogen-bond donors (Lipinski definition) is 2. The minimum absolute atomic E-state index is 0.225. The molecule has 0 aliphatic heterocycles. The van der Waals surface area contributed by atoms with Crippen molar-refractivity contribution in [3.8, 4) is 0 Å². The Bertz CT molecular complexity index is 498. The Morgan fingerprint density at radius 3 is 3.00 bits per heavy atom. The van der Waals surface area contributed by atoms with Crippen LogP contribution in [-0.2, 0) is 0 Å². The predicted molar refractivity (Wildman–Crippen MR) is 71.5 cm³/mol. The van der Waals surface area contributed by atoms with Crippen LogP contribution in [0.1, 0.15) is 25.7 Å². The van der Waals surface area contributed by atoms with Crippen LogP contribution in [0.5, 0.6) is 0 Å². The molecule has 3 unspecified atom stereocenters. The highest BCUT2D eigenvalue weighted by Gasteiger charge is 2.39. The Labute approximate surface area is 106 Å². The van der Waals surface area contributed by atoms with Gasteiger partial charge >= 0.3 is 0 Å². The van der Waals surface area contributed by atoms with Gasteiger partial charge in [-0.3, -0.25) is 4.79 Å². The van der Waals surface area contributed by atoms with Crippen LogP contribution < -0.4 is 16.2 Å². The van der Waals surface area contributed by atoms with Gasteiger partial charge in [0.25, 0.3) is 5.56 Å². The van der Waals surface area contributed by atoms with Crippen molar-refractivity contribution in [2.24, 2.45) is 17.8 Å². The van der Waals surface area contributed by atoms with Gasteiger partial charge in [0, 0.05) is 13.6 Å². The molecule has 3 atom stereocenters. The van der Waals surface area contributed by atoms with E-state index < -0.39 is 0 Å². The van der Waals surface area contributed by atoms with Gasteiger partial charge in [-0.25, -0.2) is 4.98 Å². The normalized spacial score (nSPS) is 29.7. The first-order valence-electron chi connectivity index (χ1n) is 6.69.